The summed E-state index contributed by atoms with van der Waals surface area (Å²) < 4.78 is 72.0. The normalized spacial score (nSPS) is 23.0. The quantitative estimate of drug-likeness (QED) is 0.0464. The SMILES string of the molecule is CO[C@@H]1O[C@H](COCc2ccccc2)[C@H](OCc2ccccc2)[C@H](O[C@@H]2O[C@H](COC(=O)c3ccccc3)[C@@H](OC(=O)c3ccccc3)[C@H](OC(=O)c3ccccc3)[C@H]2OC(=O)c2ccccc2)[C@H]1OCc1ccccc1. The predicted molar refractivity (Wildman–Crippen MR) is 279 cm³/mol. The number of methoxy groups -OCH3 is 1. The van der Waals surface area contributed by atoms with Crippen molar-refractivity contribution >= 4 is 23.9 Å². The van der Waals surface area contributed by atoms with Gasteiger partial charge in [0.15, 0.2) is 30.9 Å². The zero-order valence-corrected chi connectivity index (χ0v) is 42.1. The van der Waals surface area contributed by atoms with Crippen molar-refractivity contribution in [2.45, 2.75) is 81.2 Å². The predicted octanol–water partition coefficient (Wildman–Crippen LogP) is 9.39. The van der Waals surface area contributed by atoms with Crippen LogP contribution in [0.4, 0.5) is 0 Å². The summed E-state index contributed by atoms with van der Waals surface area (Å²) in [4.78, 5) is 57.0. The molecule has 15 nitrogen and oxygen atoms in total. The van der Waals surface area contributed by atoms with Crippen LogP contribution in [0.15, 0.2) is 212 Å². The molecule has 2 saturated heterocycles. The van der Waals surface area contributed by atoms with Gasteiger partial charge in [-0.1, -0.05) is 164 Å². The molecular formula is C62H58O15. The van der Waals surface area contributed by atoms with Gasteiger partial charge < -0.3 is 52.1 Å². The smallest absolute Gasteiger partial charge is 0.338 e. The summed E-state index contributed by atoms with van der Waals surface area (Å²) in [6, 6.07) is 61.3. The molecule has 77 heavy (non-hydrogen) atoms. The van der Waals surface area contributed by atoms with Crippen LogP contribution in [0.25, 0.3) is 0 Å². The Kier molecular flexibility index (Phi) is 19.1. The zero-order valence-electron chi connectivity index (χ0n) is 42.1. The third kappa shape index (κ3) is 14.5. The van der Waals surface area contributed by atoms with Crippen LogP contribution in [0.1, 0.15) is 58.1 Å². The highest BCUT2D eigenvalue weighted by molar-refractivity contribution is 5.91. The van der Waals surface area contributed by atoms with Gasteiger partial charge >= 0.3 is 23.9 Å². The molecule has 0 aliphatic carbocycles. The Labute approximate surface area is 446 Å². The van der Waals surface area contributed by atoms with Crippen molar-refractivity contribution in [3.8, 4) is 0 Å². The second kappa shape index (κ2) is 27.3. The molecule has 0 unspecified atom stereocenters. The van der Waals surface area contributed by atoms with Crippen LogP contribution in [0.2, 0.25) is 0 Å². The average molecular weight is 1040 g/mol. The molecule has 9 rings (SSSR count). The average Bonchev–Trinajstić information content (AvgIpc) is 3.49. The van der Waals surface area contributed by atoms with Gasteiger partial charge in [-0.3, -0.25) is 0 Å². The van der Waals surface area contributed by atoms with Gasteiger partial charge in [0, 0.05) is 7.11 Å². The number of benzene rings is 7. The van der Waals surface area contributed by atoms with Crippen LogP contribution in [0, 0.1) is 0 Å². The second-order valence-corrected chi connectivity index (χ2v) is 18.1. The Hall–Kier alpha value is -7.86. The van der Waals surface area contributed by atoms with Crippen molar-refractivity contribution in [1.82, 2.24) is 0 Å². The summed E-state index contributed by atoms with van der Waals surface area (Å²) >= 11 is 0. The lowest BCUT2D eigenvalue weighted by Gasteiger charge is -2.49. The maximum atomic E-state index is 14.5. The molecule has 2 heterocycles. The number of hydrogen-bond acceptors (Lipinski definition) is 15. The first-order chi connectivity index (χ1) is 37.8. The van der Waals surface area contributed by atoms with Gasteiger partial charge in [0.05, 0.1) is 48.7 Å². The molecule has 10 atom stereocenters. The molecule has 7 aromatic carbocycles. The molecule has 0 aromatic heterocycles. The summed E-state index contributed by atoms with van der Waals surface area (Å²) in [6.07, 6.45) is -13.7. The molecule has 0 radical (unpaired) electrons. The number of carbonyl (C=O) groups is 4. The van der Waals surface area contributed by atoms with Crippen molar-refractivity contribution in [2.24, 2.45) is 0 Å². The fourth-order valence-electron chi connectivity index (χ4n) is 8.93. The number of hydrogen-bond donors (Lipinski definition) is 0. The molecule has 0 amide bonds. The van der Waals surface area contributed by atoms with E-state index in [4.69, 9.17) is 52.1 Å². The Bertz CT molecular complexity index is 2920. The molecule has 396 valence electrons. The van der Waals surface area contributed by atoms with Gasteiger partial charge in [0.1, 0.15) is 37.1 Å². The summed E-state index contributed by atoms with van der Waals surface area (Å²) in [6.45, 7) is -0.249. The fourth-order valence-corrected chi connectivity index (χ4v) is 8.93. The van der Waals surface area contributed by atoms with Crippen LogP contribution in [0.5, 0.6) is 0 Å². The Morgan fingerprint density at radius 1 is 0.364 bits per heavy atom. The highest BCUT2D eigenvalue weighted by Crippen LogP contribution is 2.37. The van der Waals surface area contributed by atoms with E-state index in [1.165, 1.54) is 7.11 Å². The van der Waals surface area contributed by atoms with E-state index in [1.807, 2.05) is 91.0 Å². The molecular weight excluding hydrogens is 985 g/mol. The van der Waals surface area contributed by atoms with Crippen molar-refractivity contribution < 1.29 is 71.3 Å². The lowest BCUT2D eigenvalue weighted by molar-refractivity contribution is -0.366. The zero-order chi connectivity index (χ0) is 53.2. The molecule has 2 aliphatic heterocycles. The topological polar surface area (TPSA) is 170 Å². The first-order valence-corrected chi connectivity index (χ1v) is 25.2. The van der Waals surface area contributed by atoms with Crippen LogP contribution < -0.4 is 0 Å². The Morgan fingerprint density at radius 2 is 0.727 bits per heavy atom. The minimum Gasteiger partial charge on any atom is -0.459 e. The van der Waals surface area contributed by atoms with Gasteiger partial charge in [-0.15, -0.1) is 0 Å². The highest BCUT2D eigenvalue weighted by Gasteiger charge is 2.57. The van der Waals surface area contributed by atoms with Crippen molar-refractivity contribution in [3.63, 3.8) is 0 Å². The number of esters is 4. The summed E-state index contributed by atoms with van der Waals surface area (Å²) in [7, 11) is 1.47. The van der Waals surface area contributed by atoms with Crippen molar-refractivity contribution in [1.29, 1.82) is 0 Å². The molecule has 15 heteroatoms. The minimum atomic E-state index is -1.74. The lowest BCUT2D eigenvalue weighted by Crippen LogP contribution is -2.67. The molecule has 0 N–H and O–H groups in total. The summed E-state index contributed by atoms with van der Waals surface area (Å²) in [5, 5.41) is 0. The van der Waals surface area contributed by atoms with Gasteiger partial charge in [-0.25, -0.2) is 19.2 Å². The van der Waals surface area contributed by atoms with Crippen molar-refractivity contribution in [2.75, 3.05) is 20.3 Å². The molecule has 2 fully saturated rings. The first kappa shape index (κ1) is 53.9. The Morgan fingerprint density at radius 3 is 1.18 bits per heavy atom. The van der Waals surface area contributed by atoms with E-state index in [9.17, 15) is 19.2 Å². The highest BCUT2D eigenvalue weighted by atomic mass is 16.8. The van der Waals surface area contributed by atoms with Crippen LogP contribution in [-0.2, 0) is 71.9 Å². The van der Waals surface area contributed by atoms with Gasteiger partial charge in [0.25, 0.3) is 0 Å². The maximum Gasteiger partial charge on any atom is 0.338 e. The van der Waals surface area contributed by atoms with E-state index in [0.29, 0.717) is 0 Å². The monoisotopic (exact) mass is 1040 g/mol. The van der Waals surface area contributed by atoms with Gasteiger partial charge in [-0.2, -0.15) is 0 Å². The maximum absolute atomic E-state index is 14.5. The third-order valence-corrected chi connectivity index (χ3v) is 12.8. The number of ether oxygens (including phenoxy) is 11. The number of carbonyl (C=O) groups excluding carboxylic acids is 4. The first-order valence-electron chi connectivity index (χ1n) is 25.2. The fraction of sp³-hybridized carbons (Fsp3) is 0.258. The summed E-state index contributed by atoms with van der Waals surface area (Å²) in [5.41, 5.74) is 3.18. The molecule has 0 saturated carbocycles. The molecule has 7 aromatic rings. The number of rotatable bonds is 22. The van der Waals surface area contributed by atoms with Crippen LogP contribution in [0.3, 0.4) is 0 Å². The Balaban J connectivity index is 1.16. The van der Waals surface area contributed by atoms with E-state index in [0.717, 1.165) is 16.7 Å². The third-order valence-electron chi connectivity index (χ3n) is 12.8. The second-order valence-electron chi connectivity index (χ2n) is 18.1. The molecule has 2 aliphatic rings. The van der Waals surface area contributed by atoms with E-state index < -0.39 is 91.9 Å². The largest absolute Gasteiger partial charge is 0.459 e. The van der Waals surface area contributed by atoms with Gasteiger partial charge in [-0.05, 0) is 65.2 Å². The van der Waals surface area contributed by atoms with Gasteiger partial charge in [0.2, 0.25) is 0 Å². The molecule has 0 spiro atoms. The van der Waals surface area contributed by atoms with Crippen LogP contribution >= 0.6 is 0 Å². The molecule has 0 bridgehead atoms. The summed E-state index contributed by atoms with van der Waals surface area (Å²) in [5.74, 6) is -3.31. The minimum absolute atomic E-state index is 0.0235. The van der Waals surface area contributed by atoms with E-state index in [-0.39, 0.29) is 48.7 Å². The van der Waals surface area contributed by atoms with E-state index in [1.54, 1.807) is 121 Å². The van der Waals surface area contributed by atoms with Crippen molar-refractivity contribution in [3.05, 3.63) is 251 Å². The standard InChI is InChI=1S/C62H58O15/c1-67-61-55(70-39-44-27-13-4-14-28-44)53(51(69-38-43-25-11-3-12-26-43)49(72-61)40-68-37-42-23-9-2-10-24-42)77-62-56(76-60(66)48-35-21-8-22-36-48)54(75-59(65)47-33-19-7-20-34-47)52(74-58(64)46-31-17-6-18-32-46)50(73-62)41-71-57(63)45-29-15-5-16-30-45/h2-36,49-56,61-62H,37-41H2,1H3/t49-,50-,51+,52-,53+,54+,55-,56-,61-,62+/m1/s1. The van der Waals surface area contributed by atoms with E-state index >= 15 is 0 Å². The van der Waals surface area contributed by atoms with E-state index in [2.05, 4.69) is 0 Å². The van der Waals surface area contributed by atoms with Crippen LogP contribution in [-0.4, -0.2) is 106 Å². The lowest BCUT2D eigenvalue weighted by atomic mass is 9.95.